The first-order chi connectivity index (χ1) is 7.22. The summed E-state index contributed by atoms with van der Waals surface area (Å²) in [5, 5.41) is 0. The molecule has 1 aromatic rings. The quantitative estimate of drug-likeness (QED) is 0.710. The van der Waals surface area contributed by atoms with Gasteiger partial charge in [-0.25, -0.2) is 9.78 Å². The summed E-state index contributed by atoms with van der Waals surface area (Å²) in [4.78, 5) is 15.5. The molecule has 0 spiro atoms. The van der Waals surface area contributed by atoms with Crippen LogP contribution in [0.2, 0.25) is 0 Å². The summed E-state index contributed by atoms with van der Waals surface area (Å²) in [6.07, 6.45) is 3.53. The minimum absolute atomic E-state index is 0.404. The Morgan fingerprint density at radius 1 is 1.40 bits per heavy atom. The summed E-state index contributed by atoms with van der Waals surface area (Å²) >= 11 is 0. The Labute approximate surface area is 88.5 Å². The van der Waals surface area contributed by atoms with Crippen molar-refractivity contribution in [1.29, 1.82) is 0 Å². The molecule has 0 aromatic carbocycles. The van der Waals surface area contributed by atoms with Crippen LogP contribution in [-0.4, -0.2) is 25.2 Å². The maximum atomic E-state index is 11.4. The topological polar surface area (TPSA) is 48.4 Å². The van der Waals surface area contributed by atoms with Gasteiger partial charge in [0.25, 0.3) is 0 Å². The molecule has 0 fully saturated rings. The fraction of sp³-hybridized carbons (Fsp3) is 0.273. The molecule has 0 unspecified atom stereocenters. The number of methoxy groups -OCH3 is 2. The highest BCUT2D eigenvalue weighted by molar-refractivity contribution is 5.92. The molecule has 1 rings (SSSR count). The standard InChI is InChI=1S/C11H13NO3/c1-4-5-9-8(11(13)15-3)6-7-10(12-9)14-2/h4-7H,1-3H3/b5-4+. The van der Waals surface area contributed by atoms with Crippen LogP contribution >= 0.6 is 0 Å². The first kappa shape index (κ1) is 11.2. The number of esters is 1. The van der Waals surface area contributed by atoms with Crippen LogP contribution in [0.25, 0.3) is 6.08 Å². The van der Waals surface area contributed by atoms with E-state index in [0.717, 1.165) is 0 Å². The molecule has 15 heavy (non-hydrogen) atoms. The largest absolute Gasteiger partial charge is 0.481 e. The number of carbonyl (C=O) groups excluding carboxylic acids is 1. The summed E-state index contributed by atoms with van der Waals surface area (Å²) in [5.41, 5.74) is 0.972. The predicted octanol–water partition coefficient (Wildman–Crippen LogP) is 1.91. The van der Waals surface area contributed by atoms with Crippen LogP contribution in [0.1, 0.15) is 23.0 Å². The van der Waals surface area contributed by atoms with Crippen molar-refractivity contribution in [3.8, 4) is 5.88 Å². The van der Waals surface area contributed by atoms with Crippen molar-refractivity contribution in [2.75, 3.05) is 14.2 Å². The fourth-order valence-corrected chi connectivity index (χ4v) is 1.14. The van der Waals surface area contributed by atoms with Gasteiger partial charge in [-0.15, -0.1) is 0 Å². The highest BCUT2D eigenvalue weighted by atomic mass is 16.5. The maximum absolute atomic E-state index is 11.4. The molecule has 0 aliphatic heterocycles. The van der Waals surface area contributed by atoms with Gasteiger partial charge < -0.3 is 9.47 Å². The molecule has 80 valence electrons. The zero-order valence-electron chi connectivity index (χ0n) is 8.98. The van der Waals surface area contributed by atoms with Crippen LogP contribution in [0.15, 0.2) is 18.2 Å². The second kappa shape index (κ2) is 5.14. The molecule has 0 atom stereocenters. The number of hydrogen-bond acceptors (Lipinski definition) is 4. The van der Waals surface area contributed by atoms with Crippen molar-refractivity contribution in [2.45, 2.75) is 6.92 Å². The molecule has 0 N–H and O–H groups in total. The normalized spacial score (nSPS) is 10.3. The van der Waals surface area contributed by atoms with Gasteiger partial charge in [-0.3, -0.25) is 0 Å². The lowest BCUT2D eigenvalue weighted by Crippen LogP contribution is -2.05. The van der Waals surface area contributed by atoms with Crippen molar-refractivity contribution in [1.82, 2.24) is 4.98 Å². The Morgan fingerprint density at radius 2 is 2.13 bits per heavy atom. The van der Waals surface area contributed by atoms with Crippen molar-refractivity contribution < 1.29 is 14.3 Å². The lowest BCUT2D eigenvalue weighted by molar-refractivity contribution is 0.0600. The van der Waals surface area contributed by atoms with Gasteiger partial charge in [0.1, 0.15) is 0 Å². The second-order valence-electron chi connectivity index (χ2n) is 2.78. The number of nitrogens with zero attached hydrogens (tertiary/aromatic N) is 1. The third-order valence-electron chi connectivity index (χ3n) is 1.84. The van der Waals surface area contributed by atoms with Crippen molar-refractivity contribution in [3.05, 3.63) is 29.5 Å². The summed E-state index contributed by atoms with van der Waals surface area (Å²) in [7, 11) is 2.87. The van der Waals surface area contributed by atoms with Gasteiger partial charge in [0.2, 0.25) is 5.88 Å². The van der Waals surface area contributed by atoms with Gasteiger partial charge in [-0.2, -0.15) is 0 Å². The Kier molecular flexibility index (Phi) is 3.85. The molecular formula is C11H13NO3. The van der Waals surface area contributed by atoms with E-state index < -0.39 is 5.97 Å². The van der Waals surface area contributed by atoms with E-state index in [-0.39, 0.29) is 0 Å². The Bertz CT molecular complexity index is 385. The number of pyridine rings is 1. The number of carbonyl (C=O) groups is 1. The number of ether oxygens (including phenoxy) is 2. The zero-order chi connectivity index (χ0) is 11.3. The Hall–Kier alpha value is -1.84. The molecule has 0 aliphatic carbocycles. The molecule has 0 radical (unpaired) electrons. The minimum atomic E-state index is -0.404. The number of aromatic nitrogens is 1. The zero-order valence-corrected chi connectivity index (χ0v) is 8.98. The molecule has 4 nitrogen and oxygen atoms in total. The van der Waals surface area contributed by atoms with E-state index in [1.54, 1.807) is 24.3 Å². The van der Waals surface area contributed by atoms with Gasteiger partial charge in [0.05, 0.1) is 25.5 Å². The molecule has 0 aliphatic rings. The average molecular weight is 207 g/mol. The summed E-state index contributed by atoms with van der Waals surface area (Å²) in [6, 6.07) is 3.26. The third-order valence-corrected chi connectivity index (χ3v) is 1.84. The summed E-state index contributed by atoms with van der Waals surface area (Å²) in [5.74, 6) is 0.0639. The first-order valence-corrected chi connectivity index (χ1v) is 4.49. The third kappa shape index (κ3) is 2.56. The van der Waals surface area contributed by atoms with Gasteiger partial charge in [0, 0.05) is 6.07 Å². The maximum Gasteiger partial charge on any atom is 0.340 e. The van der Waals surface area contributed by atoms with Crippen molar-refractivity contribution >= 4 is 12.0 Å². The first-order valence-electron chi connectivity index (χ1n) is 4.49. The Morgan fingerprint density at radius 3 is 2.67 bits per heavy atom. The van der Waals surface area contributed by atoms with E-state index in [1.165, 1.54) is 14.2 Å². The van der Waals surface area contributed by atoms with Crippen LogP contribution < -0.4 is 4.74 Å². The van der Waals surface area contributed by atoms with E-state index >= 15 is 0 Å². The lowest BCUT2D eigenvalue weighted by atomic mass is 10.2. The molecule has 0 amide bonds. The summed E-state index contributed by atoms with van der Waals surface area (Å²) in [6.45, 7) is 1.85. The molecule has 4 heteroatoms. The second-order valence-corrected chi connectivity index (χ2v) is 2.78. The Balaban J connectivity index is 3.20. The monoisotopic (exact) mass is 207 g/mol. The average Bonchev–Trinajstić information content (AvgIpc) is 2.28. The number of allylic oxidation sites excluding steroid dienone is 1. The van der Waals surface area contributed by atoms with E-state index in [9.17, 15) is 4.79 Å². The molecule has 0 saturated carbocycles. The SMILES string of the molecule is C/C=C/c1nc(OC)ccc1C(=O)OC. The molecule has 1 aromatic heterocycles. The van der Waals surface area contributed by atoms with Crippen LogP contribution in [-0.2, 0) is 4.74 Å². The van der Waals surface area contributed by atoms with Crippen LogP contribution in [0.5, 0.6) is 5.88 Å². The van der Waals surface area contributed by atoms with E-state index in [0.29, 0.717) is 17.1 Å². The number of hydrogen-bond donors (Lipinski definition) is 0. The fourth-order valence-electron chi connectivity index (χ4n) is 1.14. The minimum Gasteiger partial charge on any atom is -0.481 e. The molecule has 0 bridgehead atoms. The van der Waals surface area contributed by atoms with E-state index in [4.69, 9.17) is 4.74 Å². The van der Waals surface area contributed by atoms with Gasteiger partial charge in [-0.1, -0.05) is 6.08 Å². The molecular weight excluding hydrogens is 194 g/mol. The smallest absolute Gasteiger partial charge is 0.340 e. The van der Waals surface area contributed by atoms with E-state index in [2.05, 4.69) is 9.72 Å². The number of rotatable bonds is 3. The van der Waals surface area contributed by atoms with Crippen LogP contribution in [0.4, 0.5) is 0 Å². The van der Waals surface area contributed by atoms with Crippen LogP contribution in [0, 0.1) is 0 Å². The molecule has 0 saturated heterocycles. The molecule has 1 heterocycles. The van der Waals surface area contributed by atoms with Crippen LogP contribution in [0.3, 0.4) is 0 Å². The predicted molar refractivity (Wildman–Crippen MR) is 56.8 cm³/mol. The highest BCUT2D eigenvalue weighted by Crippen LogP contribution is 2.15. The van der Waals surface area contributed by atoms with Crippen molar-refractivity contribution in [3.63, 3.8) is 0 Å². The van der Waals surface area contributed by atoms with Gasteiger partial charge in [-0.05, 0) is 19.1 Å². The van der Waals surface area contributed by atoms with Gasteiger partial charge in [0.15, 0.2) is 0 Å². The lowest BCUT2D eigenvalue weighted by Gasteiger charge is -2.05. The van der Waals surface area contributed by atoms with Gasteiger partial charge >= 0.3 is 5.97 Å². The van der Waals surface area contributed by atoms with E-state index in [1.807, 2.05) is 6.92 Å². The highest BCUT2D eigenvalue weighted by Gasteiger charge is 2.11. The van der Waals surface area contributed by atoms with Crippen molar-refractivity contribution in [2.24, 2.45) is 0 Å². The summed E-state index contributed by atoms with van der Waals surface area (Å²) < 4.78 is 9.62.